The summed E-state index contributed by atoms with van der Waals surface area (Å²) in [5.74, 6) is 1.81. The second kappa shape index (κ2) is 27.4. The fraction of sp³-hybridized carbons (Fsp3) is 0.760. The summed E-state index contributed by atoms with van der Waals surface area (Å²) in [6, 6.07) is 0. The van der Waals surface area contributed by atoms with E-state index in [-0.39, 0.29) is 49.9 Å². The molecule has 0 aliphatic rings. The lowest BCUT2D eigenvalue weighted by molar-refractivity contribution is -0.127. The number of likely N-dealkylation sites (N-methyl/N-ethyl adjacent to an activating group) is 1. The molecule has 0 aliphatic heterocycles. The molecular weight excluding hydrogens is 502 g/mol. The number of ketones is 1. The number of nitrogens with one attached hydrogen (secondary N) is 3. The van der Waals surface area contributed by atoms with Gasteiger partial charge in [0.2, 0.25) is 17.7 Å². The maximum atomic E-state index is 11.8. The van der Waals surface area contributed by atoms with E-state index in [2.05, 4.69) is 21.9 Å². The molecule has 13 heteroatoms. The third kappa shape index (κ3) is 26.5. The number of ether oxygens (including phenoxy) is 6. The van der Waals surface area contributed by atoms with Crippen LogP contribution in [0.1, 0.15) is 25.7 Å². The van der Waals surface area contributed by atoms with Crippen molar-refractivity contribution in [1.82, 2.24) is 16.0 Å². The molecule has 0 saturated heterocycles. The van der Waals surface area contributed by atoms with E-state index in [0.717, 1.165) is 0 Å². The zero-order valence-electron chi connectivity index (χ0n) is 22.4. The van der Waals surface area contributed by atoms with E-state index < -0.39 is 0 Å². The van der Waals surface area contributed by atoms with E-state index in [0.29, 0.717) is 91.6 Å². The molecule has 13 nitrogen and oxygen atoms in total. The van der Waals surface area contributed by atoms with E-state index in [1.54, 1.807) is 0 Å². The zero-order valence-corrected chi connectivity index (χ0v) is 22.4. The number of rotatable bonds is 27. The van der Waals surface area contributed by atoms with Crippen molar-refractivity contribution in [3.63, 3.8) is 0 Å². The number of hydrogen-bond donors (Lipinski definition) is 3. The third-order valence-corrected chi connectivity index (χ3v) is 4.50. The smallest absolute Gasteiger partial charge is 0.246 e. The molecule has 0 aromatic heterocycles. The third-order valence-electron chi connectivity index (χ3n) is 4.50. The van der Waals surface area contributed by atoms with Gasteiger partial charge in [-0.15, -0.1) is 12.3 Å². The molecule has 0 rings (SSSR count). The van der Waals surface area contributed by atoms with Crippen molar-refractivity contribution in [1.29, 1.82) is 0 Å². The number of carbonyl (C=O) groups is 4. The Hall–Kier alpha value is -2.60. The lowest BCUT2D eigenvalue weighted by Gasteiger charge is -2.08. The van der Waals surface area contributed by atoms with Crippen LogP contribution in [0, 0.1) is 12.3 Å². The average Bonchev–Trinajstić information content (AvgIpc) is 2.91. The Morgan fingerprint density at radius 2 is 1.11 bits per heavy atom. The van der Waals surface area contributed by atoms with Gasteiger partial charge < -0.3 is 44.4 Å². The summed E-state index contributed by atoms with van der Waals surface area (Å²) in [5.41, 5.74) is 0. The maximum absolute atomic E-state index is 11.8. The van der Waals surface area contributed by atoms with Crippen molar-refractivity contribution < 1.29 is 47.6 Å². The SMILES string of the molecule is C#CCCC(=O)NCCOCCOCC(=O)CCCOCCOCC(=O)NCCOCCOCC(=O)NC. The van der Waals surface area contributed by atoms with Gasteiger partial charge in [-0.3, -0.25) is 19.2 Å². The highest BCUT2D eigenvalue weighted by Gasteiger charge is 2.04. The van der Waals surface area contributed by atoms with Crippen molar-refractivity contribution in [2.24, 2.45) is 0 Å². The minimum Gasteiger partial charge on any atom is -0.379 e. The van der Waals surface area contributed by atoms with Crippen molar-refractivity contribution in [3.05, 3.63) is 0 Å². The number of Topliss-reactive ketones (excluding diaryl/α,β-unsaturated/α-hetero) is 1. The van der Waals surface area contributed by atoms with Crippen LogP contribution in [0.5, 0.6) is 0 Å². The molecule has 0 bridgehead atoms. The molecule has 3 amide bonds. The largest absolute Gasteiger partial charge is 0.379 e. The topological polar surface area (TPSA) is 160 Å². The second-order valence-electron chi connectivity index (χ2n) is 7.71. The fourth-order valence-electron chi connectivity index (χ4n) is 2.54. The van der Waals surface area contributed by atoms with Crippen LogP contribution in [0.3, 0.4) is 0 Å². The zero-order chi connectivity index (χ0) is 28.1. The average molecular weight is 546 g/mol. The van der Waals surface area contributed by atoms with Gasteiger partial charge in [-0.1, -0.05) is 0 Å². The first kappa shape index (κ1) is 35.4. The van der Waals surface area contributed by atoms with Crippen LogP contribution in [0.2, 0.25) is 0 Å². The number of hydrogen-bond acceptors (Lipinski definition) is 10. The first-order chi connectivity index (χ1) is 18.5. The lowest BCUT2D eigenvalue weighted by atomic mass is 10.2. The van der Waals surface area contributed by atoms with Crippen LogP contribution in [0.25, 0.3) is 0 Å². The monoisotopic (exact) mass is 545 g/mol. The lowest BCUT2D eigenvalue weighted by Crippen LogP contribution is -2.31. The highest BCUT2D eigenvalue weighted by molar-refractivity contribution is 5.79. The van der Waals surface area contributed by atoms with Crippen LogP contribution >= 0.6 is 0 Å². The molecule has 0 atom stereocenters. The molecule has 38 heavy (non-hydrogen) atoms. The van der Waals surface area contributed by atoms with Crippen molar-refractivity contribution in [2.75, 3.05) is 99.4 Å². The highest BCUT2D eigenvalue weighted by Crippen LogP contribution is 1.94. The molecule has 0 heterocycles. The van der Waals surface area contributed by atoms with Crippen molar-refractivity contribution >= 4 is 23.5 Å². The van der Waals surface area contributed by atoms with Crippen LogP contribution in [-0.2, 0) is 47.6 Å². The maximum Gasteiger partial charge on any atom is 0.246 e. The van der Waals surface area contributed by atoms with E-state index in [1.807, 2.05) is 0 Å². The summed E-state index contributed by atoms with van der Waals surface area (Å²) in [6.07, 6.45) is 6.72. The Morgan fingerprint density at radius 3 is 1.68 bits per heavy atom. The van der Waals surface area contributed by atoms with Gasteiger partial charge in [0.15, 0.2) is 5.78 Å². The van der Waals surface area contributed by atoms with Gasteiger partial charge in [-0.2, -0.15) is 0 Å². The minimum absolute atomic E-state index is 0.0115. The van der Waals surface area contributed by atoms with E-state index in [9.17, 15) is 19.2 Å². The Kier molecular flexibility index (Phi) is 25.6. The molecule has 0 fully saturated rings. The summed E-state index contributed by atoms with van der Waals surface area (Å²) in [4.78, 5) is 45.7. The molecule has 0 aliphatic carbocycles. The number of amides is 3. The molecule has 0 radical (unpaired) electrons. The Labute approximate surface area is 224 Å². The molecule has 0 saturated carbocycles. The van der Waals surface area contributed by atoms with Crippen molar-refractivity contribution in [3.8, 4) is 12.3 Å². The molecule has 0 unspecified atom stereocenters. The predicted octanol–water partition coefficient (Wildman–Crippen LogP) is -1.17. The van der Waals surface area contributed by atoms with Gasteiger partial charge in [0, 0.05) is 46.0 Å². The van der Waals surface area contributed by atoms with E-state index >= 15 is 0 Å². The molecule has 218 valence electrons. The summed E-state index contributed by atoms with van der Waals surface area (Å²) in [5, 5.41) is 7.79. The Balaban J connectivity index is 3.33. The first-order valence-electron chi connectivity index (χ1n) is 12.6. The summed E-state index contributed by atoms with van der Waals surface area (Å²) < 4.78 is 31.5. The Bertz CT molecular complexity index is 685. The highest BCUT2D eigenvalue weighted by atomic mass is 16.5. The van der Waals surface area contributed by atoms with Gasteiger partial charge in [0.05, 0.1) is 52.9 Å². The number of carbonyl (C=O) groups excluding carboxylic acids is 4. The van der Waals surface area contributed by atoms with Gasteiger partial charge in [0.1, 0.15) is 19.8 Å². The predicted molar refractivity (Wildman–Crippen MR) is 137 cm³/mol. The quantitative estimate of drug-likeness (QED) is 0.0848. The van der Waals surface area contributed by atoms with E-state index in [1.165, 1.54) is 7.05 Å². The van der Waals surface area contributed by atoms with Crippen LogP contribution < -0.4 is 16.0 Å². The molecule has 0 aromatic rings. The van der Waals surface area contributed by atoms with Crippen LogP contribution in [-0.4, -0.2) is 123 Å². The second-order valence-corrected chi connectivity index (χ2v) is 7.71. The molecule has 0 spiro atoms. The van der Waals surface area contributed by atoms with Gasteiger partial charge in [0.25, 0.3) is 0 Å². The van der Waals surface area contributed by atoms with Gasteiger partial charge in [-0.05, 0) is 6.42 Å². The molecular formula is C25H43N3O10. The van der Waals surface area contributed by atoms with E-state index in [4.69, 9.17) is 34.8 Å². The first-order valence-corrected chi connectivity index (χ1v) is 12.6. The standard InChI is InChI=1S/C25H43N3O10/c1-3-4-7-23(30)27-8-11-34-14-16-36-19-22(29)6-5-10-33-13-17-38-21-25(32)28-9-12-35-15-18-37-20-24(31)26-2/h1H,4-21H2,2H3,(H,26,31)(H,27,30)(H,28,32). The number of terminal acetylenes is 1. The van der Waals surface area contributed by atoms with Crippen molar-refractivity contribution in [2.45, 2.75) is 25.7 Å². The normalized spacial score (nSPS) is 10.5. The van der Waals surface area contributed by atoms with Gasteiger partial charge in [-0.25, -0.2) is 0 Å². The minimum atomic E-state index is -0.261. The summed E-state index contributed by atoms with van der Waals surface area (Å²) >= 11 is 0. The van der Waals surface area contributed by atoms with Gasteiger partial charge >= 0.3 is 0 Å². The fourth-order valence-corrected chi connectivity index (χ4v) is 2.54. The summed E-state index contributed by atoms with van der Waals surface area (Å²) in [7, 11) is 1.53. The Morgan fingerprint density at radius 1 is 0.605 bits per heavy atom. The molecule has 3 N–H and O–H groups in total. The van der Waals surface area contributed by atoms with Crippen LogP contribution in [0.15, 0.2) is 0 Å². The molecule has 0 aromatic carbocycles. The van der Waals surface area contributed by atoms with Crippen LogP contribution in [0.4, 0.5) is 0 Å². The summed E-state index contributed by atoms with van der Waals surface area (Å²) in [6.45, 7) is 3.57.